The Balaban J connectivity index is 1.40. The van der Waals surface area contributed by atoms with Crippen molar-refractivity contribution >= 4 is 11.6 Å². The number of rotatable bonds is 9. The lowest BCUT2D eigenvalue weighted by Crippen LogP contribution is -2.25. The van der Waals surface area contributed by atoms with E-state index in [2.05, 4.69) is 20.4 Å². The number of aromatic nitrogens is 2. The van der Waals surface area contributed by atoms with E-state index < -0.39 is 0 Å². The van der Waals surface area contributed by atoms with Crippen LogP contribution in [0, 0.1) is 6.92 Å². The van der Waals surface area contributed by atoms with E-state index in [0.717, 1.165) is 16.9 Å². The number of oxime groups is 1. The molecule has 176 valence electrons. The number of methoxy groups -OCH3 is 1. The minimum Gasteiger partial charge on any atom is -0.497 e. The summed E-state index contributed by atoms with van der Waals surface area (Å²) in [4.78, 5) is 27.1. The number of aryl methyl sites for hydroxylation is 1. The van der Waals surface area contributed by atoms with Crippen LogP contribution in [0.2, 0.25) is 0 Å². The normalized spacial score (nSPS) is 14.8. The third-order valence-electron chi connectivity index (χ3n) is 5.26. The lowest BCUT2D eigenvalue weighted by molar-refractivity contribution is 0.0856. The molecule has 9 heteroatoms. The fourth-order valence-corrected chi connectivity index (χ4v) is 3.50. The van der Waals surface area contributed by atoms with Crippen LogP contribution in [0.4, 0.5) is 0 Å². The topological polar surface area (TPSA) is 115 Å². The fraction of sp³-hybridized carbons (Fsp3) is 0.280. The number of hydrogen-bond donors (Lipinski definition) is 2. The van der Waals surface area contributed by atoms with Gasteiger partial charge in [0.1, 0.15) is 35.3 Å². The SMILES string of the molecule is COc1ccc(CNC(=O)c2cc(C3=NOC(c4ccc(OCCO)cc4)C3)nc(C)n2)cc1. The van der Waals surface area contributed by atoms with Crippen LogP contribution in [-0.4, -0.2) is 47.0 Å². The largest absolute Gasteiger partial charge is 0.497 e. The lowest BCUT2D eigenvalue weighted by atomic mass is 10.0. The zero-order valence-electron chi connectivity index (χ0n) is 19.0. The van der Waals surface area contributed by atoms with Crippen LogP contribution in [-0.2, 0) is 11.4 Å². The molecule has 0 saturated heterocycles. The molecule has 2 heterocycles. The van der Waals surface area contributed by atoms with E-state index in [0.29, 0.717) is 35.9 Å². The predicted molar refractivity (Wildman–Crippen MR) is 125 cm³/mol. The maximum atomic E-state index is 12.7. The summed E-state index contributed by atoms with van der Waals surface area (Å²) in [7, 11) is 1.61. The van der Waals surface area contributed by atoms with Crippen molar-refractivity contribution in [2.24, 2.45) is 5.16 Å². The highest BCUT2D eigenvalue weighted by Gasteiger charge is 2.26. The molecule has 0 fully saturated rings. The van der Waals surface area contributed by atoms with Gasteiger partial charge >= 0.3 is 0 Å². The smallest absolute Gasteiger partial charge is 0.270 e. The number of carbonyl (C=O) groups is 1. The van der Waals surface area contributed by atoms with Crippen molar-refractivity contribution in [3.05, 3.63) is 82.9 Å². The van der Waals surface area contributed by atoms with Gasteiger partial charge in [0.05, 0.1) is 19.4 Å². The highest BCUT2D eigenvalue weighted by atomic mass is 16.6. The standard InChI is InChI=1S/C25H26N4O5/c1-16-27-21(13-23(28-16)25(31)26-15-17-3-7-19(32-2)8-4-17)22-14-24(34-29-22)18-5-9-20(10-6-18)33-12-11-30/h3-10,13,24,30H,11-12,14-15H2,1-2H3,(H,26,31). The van der Waals surface area contributed by atoms with Gasteiger partial charge < -0.3 is 24.7 Å². The first-order valence-corrected chi connectivity index (χ1v) is 10.9. The van der Waals surface area contributed by atoms with Gasteiger partial charge in [-0.05, 0) is 48.4 Å². The zero-order valence-corrected chi connectivity index (χ0v) is 19.0. The highest BCUT2D eigenvalue weighted by molar-refractivity contribution is 6.02. The number of aliphatic hydroxyl groups is 1. The maximum Gasteiger partial charge on any atom is 0.270 e. The first-order chi connectivity index (χ1) is 16.6. The van der Waals surface area contributed by atoms with Crippen molar-refractivity contribution in [2.45, 2.75) is 26.0 Å². The van der Waals surface area contributed by atoms with E-state index in [-0.39, 0.29) is 30.9 Å². The number of nitrogens with zero attached hydrogens (tertiary/aromatic N) is 3. The van der Waals surface area contributed by atoms with E-state index in [1.165, 1.54) is 0 Å². The summed E-state index contributed by atoms with van der Waals surface area (Å²) in [6.07, 6.45) is 0.254. The molecule has 34 heavy (non-hydrogen) atoms. The van der Waals surface area contributed by atoms with E-state index in [1.54, 1.807) is 20.1 Å². The van der Waals surface area contributed by atoms with Crippen LogP contribution in [0.1, 0.15) is 45.7 Å². The molecule has 0 saturated carbocycles. The Labute approximate surface area is 197 Å². The summed E-state index contributed by atoms with van der Waals surface area (Å²) in [6.45, 7) is 2.31. The summed E-state index contributed by atoms with van der Waals surface area (Å²) in [5.41, 5.74) is 3.38. The first kappa shape index (κ1) is 23.2. The third-order valence-corrected chi connectivity index (χ3v) is 5.26. The van der Waals surface area contributed by atoms with Gasteiger partial charge in [0.25, 0.3) is 5.91 Å². The molecule has 2 N–H and O–H groups in total. The molecular formula is C25H26N4O5. The summed E-state index contributed by atoms with van der Waals surface area (Å²) in [6, 6.07) is 16.6. The van der Waals surface area contributed by atoms with Crippen molar-refractivity contribution in [1.29, 1.82) is 0 Å². The molecule has 0 radical (unpaired) electrons. The van der Waals surface area contributed by atoms with Gasteiger partial charge in [-0.2, -0.15) is 0 Å². The van der Waals surface area contributed by atoms with Gasteiger partial charge in [0, 0.05) is 13.0 Å². The average Bonchev–Trinajstić information content (AvgIpc) is 3.37. The molecule has 0 aliphatic carbocycles. The van der Waals surface area contributed by atoms with Crippen LogP contribution >= 0.6 is 0 Å². The lowest BCUT2D eigenvalue weighted by Gasteiger charge is -2.10. The van der Waals surface area contributed by atoms with Crippen molar-refractivity contribution in [2.75, 3.05) is 20.3 Å². The molecule has 1 unspecified atom stereocenters. The van der Waals surface area contributed by atoms with Gasteiger partial charge in [-0.15, -0.1) is 0 Å². The number of benzene rings is 2. The number of carbonyl (C=O) groups excluding carboxylic acids is 1. The van der Waals surface area contributed by atoms with E-state index in [1.807, 2.05) is 48.5 Å². The molecular weight excluding hydrogens is 436 g/mol. The van der Waals surface area contributed by atoms with E-state index >= 15 is 0 Å². The number of ether oxygens (including phenoxy) is 2. The van der Waals surface area contributed by atoms with E-state index in [4.69, 9.17) is 19.4 Å². The van der Waals surface area contributed by atoms with Crippen LogP contribution in [0.3, 0.4) is 0 Å². The monoisotopic (exact) mass is 462 g/mol. The maximum absolute atomic E-state index is 12.7. The number of amides is 1. The first-order valence-electron chi connectivity index (χ1n) is 10.9. The average molecular weight is 463 g/mol. The molecule has 2 aromatic carbocycles. The van der Waals surface area contributed by atoms with Crippen LogP contribution < -0.4 is 14.8 Å². The Morgan fingerprint density at radius 3 is 2.56 bits per heavy atom. The minimum absolute atomic E-state index is 0.0372. The second-order valence-corrected chi connectivity index (χ2v) is 7.69. The fourth-order valence-electron chi connectivity index (χ4n) is 3.50. The third kappa shape index (κ3) is 5.68. The van der Waals surface area contributed by atoms with E-state index in [9.17, 15) is 4.79 Å². The Morgan fingerprint density at radius 1 is 1.12 bits per heavy atom. The van der Waals surface area contributed by atoms with Gasteiger partial charge in [0.15, 0.2) is 6.10 Å². The molecule has 9 nitrogen and oxygen atoms in total. The molecule has 0 bridgehead atoms. The quantitative estimate of drug-likeness (QED) is 0.502. The Bertz CT molecular complexity index is 1160. The van der Waals surface area contributed by atoms with Gasteiger partial charge in [-0.25, -0.2) is 9.97 Å². The number of hydrogen-bond acceptors (Lipinski definition) is 8. The molecule has 1 aliphatic rings. The van der Waals surface area contributed by atoms with Crippen molar-refractivity contribution in [1.82, 2.24) is 15.3 Å². The summed E-state index contributed by atoms with van der Waals surface area (Å²) >= 11 is 0. The molecule has 3 aromatic rings. The van der Waals surface area contributed by atoms with Crippen molar-refractivity contribution < 1.29 is 24.2 Å². The van der Waals surface area contributed by atoms with Crippen LogP contribution in [0.25, 0.3) is 0 Å². The summed E-state index contributed by atoms with van der Waals surface area (Å²) in [5, 5.41) is 16.0. The second kappa shape index (κ2) is 10.8. The van der Waals surface area contributed by atoms with Crippen molar-refractivity contribution in [3.63, 3.8) is 0 Å². The molecule has 1 amide bonds. The van der Waals surface area contributed by atoms with Crippen LogP contribution in [0.15, 0.2) is 59.8 Å². The summed E-state index contributed by atoms with van der Waals surface area (Å²) in [5.74, 6) is 1.62. The second-order valence-electron chi connectivity index (χ2n) is 7.69. The van der Waals surface area contributed by atoms with Gasteiger partial charge in [-0.3, -0.25) is 4.79 Å². The predicted octanol–water partition coefficient (Wildman–Crippen LogP) is 2.96. The zero-order chi connectivity index (χ0) is 23.9. The Hall–Kier alpha value is -3.98. The summed E-state index contributed by atoms with van der Waals surface area (Å²) < 4.78 is 10.5. The van der Waals surface area contributed by atoms with Gasteiger partial charge in [-0.1, -0.05) is 29.4 Å². The molecule has 1 aliphatic heterocycles. The Morgan fingerprint density at radius 2 is 1.85 bits per heavy atom. The van der Waals surface area contributed by atoms with Gasteiger partial charge in [0.2, 0.25) is 0 Å². The molecule has 0 spiro atoms. The molecule has 4 rings (SSSR count). The Kier molecular flexibility index (Phi) is 7.34. The van der Waals surface area contributed by atoms with Crippen molar-refractivity contribution in [3.8, 4) is 11.5 Å². The highest BCUT2D eigenvalue weighted by Crippen LogP contribution is 2.30. The molecule has 1 aromatic heterocycles. The minimum atomic E-state index is -0.294. The van der Waals surface area contributed by atoms with Crippen LogP contribution in [0.5, 0.6) is 11.5 Å². The number of nitrogens with one attached hydrogen (secondary N) is 1. The molecule has 1 atom stereocenters. The number of aliphatic hydroxyl groups excluding tert-OH is 1.